The highest BCUT2D eigenvalue weighted by Gasteiger charge is 2.17. The number of hydrazine groups is 1. The molecule has 0 saturated carbocycles. The van der Waals surface area contributed by atoms with Crippen molar-refractivity contribution < 1.29 is 9.59 Å². The van der Waals surface area contributed by atoms with E-state index in [0.717, 1.165) is 11.3 Å². The lowest BCUT2D eigenvalue weighted by Crippen LogP contribution is -2.41. The molecule has 7 heteroatoms. The van der Waals surface area contributed by atoms with E-state index in [2.05, 4.69) is 16.0 Å². The van der Waals surface area contributed by atoms with Crippen LogP contribution in [0.1, 0.15) is 38.9 Å². The fourth-order valence-corrected chi connectivity index (χ4v) is 2.85. The standard InChI is InChI=1S/C20H19ClN4O2/c1-2-18-17(12-22-25(18)13-14-6-4-3-5-7-14)20(27)24-23-19(26)15-8-10-16(21)11-9-15/h3-12H,2,13H2,1H3,(H,23,26)(H,24,27). The van der Waals surface area contributed by atoms with E-state index < -0.39 is 11.8 Å². The van der Waals surface area contributed by atoms with Gasteiger partial charge in [-0.15, -0.1) is 0 Å². The summed E-state index contributed by atoms with van der Waals surface area (Å²) in [5.41, 5.74) is 7.58. The highest BCUT2D eigenvalue weighted by atomic mass is 35.5. The first-order chi connectivity index (χ1) is 13.1. The van der Waals surface area contributed by atoms with Gasteiger partial charge in [0.05, 0.1) is 24.0 Å². The van der Waals surface area contributed by atoms with Gasteiger partial charge < -0.3 is 0 Å². The zero-order chi connectivity index (χ0) is 19.2. The molecular weight excluding hydrogens is 364 g/mol. The Bertz CT molecular complexity index is 936. The van der Waals surface area contributed by atoms with Crippen LogP contribution in [-0.2, 0) is 13.0 Å². The Morgan fingerprint density at radius 1 is 1.00 bits per heavy atom. The van der Waals surface area contributed by atoms with Crippen LogP contribution < -0.4 is 10.9 Å². The summed E-state index contributed by atoms with van der Waals surface area (Å²) in [5, 5.41) is 4.86. The summed E-state index contributed by atoms with van der Waals surface area (Å²) in [6, 6.07) is 16.3. The number of nitrogens with one attached hydrogen (secondary N) is 2. The molecule has 0 saturated heterocycles. The fraction of sp³-hybridized carbons (Fsp3) is 0.150. The molecule has 1 aromatic heterocycles. The van der Waals surface area contributed by atoms with Crippen LogP contribution in [0, 0.1) is 0 Å². The number of benzene rings is 2. The van der Waals surface area contributed by atoms with Gasteiger partial charge >= 0.3 is 0 Å². The molecule has 0 atom stereocenters. The average Bonchev–Trinajstić information content (AvgIpc) is 3.09. The Morgan fingerprint density at radius 3 is 2.33 bits per heavy atom. The number of hydrogen-bond donors (Lipinski definition) is 2. The van der Waals surface area contributed by atoms with Gasteiger partial charge in [0.2, 0.25) is 0 Å². The molecular formula is C20H19ClN4O2. The normalized spacial score (nSPS) is 10.4. The van der Waals surface area contributed by atoms with E-state index in [9.17, 15) is 9.59 Å². The summed E-state index contributed by atoms with van der Waals surface area (Å²) in [6.45, 7) is 2.54. The molecule has 0 bridgehead atoms. The van der Waals surface area contributed by atoms with Crippen LogP contribution in [0.5, 0.6) is 0 Å². The van der Waals surface area contributed by atoms with Crippen LogP contribution in [0.2, 0.25) is 5.02 Å². The van der Waals surface area contributed by atoms with E-state index in [0.29, 0.717) is 29.1 Å². The number of carbonyl (C=O) groups excluding carboxylic acids is 2. The maximum atomic E-state index is 12.5. The van der Waals surface area contributed by atoms with E-state index in [4.69, 9.17) is 11.6 Å². The maximum Gasteiger partial charge on any atom is 0.273 e. The summed E-state index contributed by atoms with van der Waals surface area (Å²) in [7, 11) is 0. The highest BCUT2D eigenvalue weighted by molar-refractivity contribution is 6.30. The minimum Gasteiger partial charge on any atom is -0.267 e. The van der Waals surface area contributed by atoms with Gasteiger partial charge in [-0.05, 0) is 36.2 Å². The number of amides is 2. The van der Waals surface area contributed by atoms with Gasteiger partial charge in [0.1, 0.15) is 0 Å². The number of hydrogen-bond acceptors (Lipinski definition) is 3. The summed E-state index contributed by atoms with van der Waals surface area (Å²) in [4.78, 5) is 24.6. The van der Waals surface area contributed by atoms with Crippen LogP contribution in [-0.4, -0.2) is 21.6 Å². The number of aromatic nitrogens is 2. The lowest BCUT2D eigenvalue weighted by Gasteiger charge is -2.10. The zero-order valence-corrected chi connectivity index (χ0v) is 15.5. The molecule has 6 nitrogen and oxygen atoms in total. The second-order valence-electron chi connectivity index (χ2n) is 5.92. The van der Waals surface area contributed by atoms with Gasteiger partial charge in [0.25, 0.3) is 11.8 Å². The van der Waals surface area contributed by atoms with Gasteiger partial charge in [0.15, 0.2) is 0 Å². The lowest BCUT2D eigenvalue weighted by molar-refractivity contribution is 0.0846. The van der Waals surface area contributed by atoms with Crippen LogP contribution in [0.15, 0.2) is 60.8 Å². The summed E-state index contributed by atoms with van der Waals surface area (Å²) >= 11 is 5.81. The second-order valence-corrected chi connectivity index (χ2v) is 6.35. The van der Waals surface area contributed by atoms with Crippen LogP contribution in [0.25, 0.3) is 0 Å². The molecule has 0 radical (unpaired) electrons. The van der Waals surface area contributed by atoms with E-state index in [1.54, 1.807) is 28.9 Å². The van der Waals surface area contributed by atoms with Crippen molar-refractivity contribution in [2.75, 3.05) is 0 Å². The first-order valence-corrected chi connectivity index (χ1v) is 8.91. The smallest absolute Gasteiger partial charge is 0.267 e. The molecule has 2 N–H and O–H groups in total. The second kappa shape index (κ2) is 8.51. The molecule has 1 heterocycles. The molecule has 0 aliphatic rings. The highest BCUT2D eigenvalue weighted by Crippen LogP contribution is 2.12. The summed E-state index contributed by atoms with van der Waals surface area (Å²) in [5.74, 6) is -0.830. The fourth-order valence-electron chi connectivity index (χ4n) is 2.72. The molecule has 27 heavy (non-hydrogen) atoms. The molecule has 0 aliphatic heterocycles. The third-order valence-electron chi connectivity index (χ3n) is 4.10. The molecule has 0 spiro atoms. The van der Waals surface area contributed by atoms with Crippen molar-refractivity contribution in [3.63, 3.8) is 0 Å². The predicted molar refractivity (Wildman–Crippen MR) is 104 cm³/mol. The zero-order valence-electron chi connectivity index (χ0n) is 14.8. The van der Waals surface area contributed by atoms with E-state index in [1.807, 2.05) is 37.3 Å². The summed E-state index contributed by atoms with van der Waals surface area (Å²) in [6.07, 6.45) is 2.16. The van der Waals surface area contributed by atoms with Crippen molar-refractivity contribution in [2.45, 2.75) is 19.9 Å². The Morgan fingerprint density at radius 2 is 1.67 bits per heavy atom. The minimum atomic E-state index is -0.422. The third-order valence-corrected chi connectivity index (χ3v) is 4.35. The van der Waals surface area contributed by atoms with Gasteiger partial charge in [0, 0.05) is 10.6 Å². The summed E-state index contributed by atoms with van der Waals surface area (Å²) < 4.78 is 1.80. The number of nitrogens with zero attached hydrogens (tertiary/aromatic N) is 2. The van der Waals surface area contributed by atoms with Crippen molar-refractivity contribution in [3.8, 4) is 0 Å². The Hall–Kier alpha value is -3.12. The molecule has 2 aromatic carbocycles. The van der Waals surface area contributed by atoms with E-state index in [-0.39, 0.29) is 0 Å². The van der Waals surface area contributed by atoms with Crippen LogP contribution in [0.3, 0.4) is 0 Å². The lowest BCUT2D eigenvalue weighted by atomic mass is 10.2. The van der Waals surface area contributed by atoms with Gasteiger partial charge in [-0.2, -0.15) is 5.10 Å². The van der Waals surface area contributed by atoms with E-state index >= 15 is 0 Å². The average molecular weight is 383 g/mol. The SMILES string of the molecule is CCc1c(C(=O)NNC(=O)c2ccc(Cl)cc2)cnn1Cc1ccccc1. The van der Waals surface area contributed by atoms with Crippen molar-refractivity contribution >= 4 is 23.4 Å². The Kier molecular flexibility index (Phi) is 5.88. The first-order valence-electron chi connectivity index (χ1n) is 8.53. The van der Waals surface area contributed by atoms with Crippen molar-refractivity contribution in [3.05, 3.63) is 88.2 Å². The monoisotopic (exact) mass is 382 g/mol. The van der Waals surface area contributed by atoms with Crippen molar-refractivity contribution in [2.24, 2.45) is 0 Å². The molecule has 3 rings (SSSR count). The van der Waals surface area contributed by atoms with Gasteiger partial charge in [-0.3, -0.25) is 25.1 Å². The first kappa shape index (κ1) is 18.7. The molecule has 2 amide bonds. The number of halogens is 1. The van der Waals surface area contributed by atoms with Crippen molar-refractivity contribution in [1.29, 1.82) is 0 Å². The van der Waals surface area contributed by atoms with Crippen LogP contribution >= 0.6 is 11.6 Å². The molecule has 0 fully saturated rings. The minimum absolute atomic E-state index is 0.398. The van der Waals surface area contributed by atoms with Gasteiger partial charge in [-0.1, -0.05) is 48.9 Å². The maximum absolute atomic E-state index is 12.5. The Labute approximate surface area is 162 Å². The molecule has 0 aliphatic carbocycles. The Balaban J connectivity index is 1.67. The third kappa shape index (κ3) is 4.54. The largest absolute Gasteiger partial charge is 0.273 e. The molecule has 0 unspecified atom stereocenters. The quantitative estimate of drug-likeness (QED) is 0.665. The predicted octanol–water partition coefficient (Wildman–Crippen LogP) is 3.22. The topological polar surface area (TPSA) is 76.0 Å². The van der Waals surface area contributed by atoms with Gasteiger partial charge in [-0.25, -0.2) is 0 Å². The number of rotatable bonds is 5. The van der Waals surface area contributed by atoms with Crippen molar-refractivity contribution in [1.82, 2.24) is 20.6 Å². The van der Waals surface area contributed by atoms with E-state index in [1.165, 1.54) is 6.20 Å². The molecule has 3 aromatic rings. The number of carbonyl (C=O) groups is 2. The van der Waals surface area contributed by atoms with Crippen LogP contribution in [0.4, 0.5) is 0 Å². The molecule has 138 valence electrons.